The third-order valence-corrected chi connectivity index (χ3v) is 2.37. The van der Waals surface area contributed by atoms with Crippen molar-refractivity contribution in [2.45, 2.75) is 19.9 Å². The number of nitriles is 1. The second-order valence-corrected chi connectivity index (χ2v) is 3.98. The molecule has 2 nitrogen and oxygen atoms in total. The summed E-state index contributed by atoms with van der Waals surface area (Å²) in [5, 5.41) is 8.85. The molecule has 15 heavy (non-hydrogen) atoms. The summed E-state index contributed by atoms with van der Waals surface area (Å²) in [7, 11) is 0. The number of rotatable bonds is 2. The van der Waals surface area contributed by atoms with Crippen LogP contribution in [0.15, 0.2) is 18.2 Å². The number of nitrogens with zero attached hydrogens (tertiary/aromatic N) is 1. The van der Waals surface area contributed by atoms with Crippen molar-refractivity contribution in [2.24, 2.45) is 11.1 Å². The molecule has 2 N–H and O–H groups in total. The normalized spacial score (nSPS) is 13.3. The van der Waals surface area contributed by atoms with E-state index in [9.17, 15) is 8.78 Å². The van der Waals surface area contributed by atoms with Gasteiger partial charge in [0, 0.05) is 6.04 Å². The van der Waals surface area contributed by atoms with Crippen LogP contribution in [0.2, 0.25) is 0 Å². The molecule has 0 spiro atoms. The molecule has 0 aliphatic carbocycles. The van der Waals surface area contributed by atoms with E-state index in [4.69, 9.17) is 11.0 Å². The molecule has 1 atom stereocenters. The van der Waals surface area contributed by atoms with Crippen LogP contribution in [0, 0.1) is 28.4 Å². The first-order valence-electron chi connectivity index (χ1n) is 4.50. The predicted octanol–water partition coefficient (Wildman–Crippen LogP) is 2.51. The van der Waals surface area contributed by atoms with Crippen LogP contribution in [0.4, 0.5) is 8.78 Å². The molecule has 0 amide bonds. The summed E-state index contributed by atoms with van der Waals surface area (Å²) in [4.78, 5) is 0. The molecule has 0 saturated heterocycles. The number of halogens is 2. The lowest BCUT2D eigenvalue weighted by atomic mass is 9.82. The van der Waals surface area contributed by atoms with Gasteiger partial charge in [-0.05, 0) is 31.5 Å². The number of benzene rings is 1. The Labute approximate surface area is 87.3 Å². The molecule has 0 heterocycles. The molecule has 0 fully saturated rings. The molecule has 1 aromatic rings. The summed E-state index contributed by atoms with van der Waals surface area (Å²) in [5.74, 6) is -1.86. The maximum absolute atomic E-state index is 12.9. The highest BCUT2D eigenvalue weighted by Gasteiger charge is 2.28. The van der Waals surface area contributed by atoms with Gasteiger partial charge in [-0.25, -0.2) is 8.78 Å². The Morgan fingerprint density at radius 1 is 1.33 bits per heavy atom. The van der Waals surface area contributed by atoms with Crippen molar-refractivity contribution in [3.8, 4) is 6.07 Å². The molecule has 0 aliphatic rings. The van der Waals surface area contributed by atoms with Crippen LogP contribution in [-0.4, -0.2) is 0 Å². The van der Waals surface area contributed by atoms with Crippen LogP contribution in [-0.2, 0) is 0 Å². The molecule has 0 radical (unpaired) electrons. The van der Waals surface area contributed by atoms with Crippen molar-refractivity contribution in [1.82, 2.24) is 0 Å². The lowest BCUT2D eigenvalue weighted by Crippen LogP contribution is -2.27. The number of hydrogen-bond donors (Lipinski definition) is 1. The van der Waals surface area contributed by atoms with Gasteiger partial charge in [0.1, 0.15) is 0 Å². The van der Waals surface area contributed by atoms with Gasteiger partial charge in [-0.1, -0.05) is 6.07 Å². The van der Waals surface area contributed by atoms with Crippen LogP contribution >= 0.6 is 0 Å². The molecule has 1 unspecified atom stereocenters. The fourth-order valence-corrected chi connectivity index (χ4v) is 1.19. The standard InChI is InChI=1S/C11H12F2N2/c1-11(2,6-14)10(15)7-3-4-8(12)9(13)5-7/h3-5,10H,15H2,1-2H3. The third kappa shape index (κ3) is 2.31. The van der Waals surface area contributed by atoms with E-state index in [1.807, 2.05) is 6.07 Å². The van der Waals surface area contributed by atoms with E-state index in [1.54, 1.807) is 13.8 Å². The van der Waals surface area contributed by atoms with E-state index >= 15 is 0 Å². The molecule has 0 saturated carbocycles. The van der Waals surface area contributed by atoms with Crippen molar-refractivity contribution in [2.75, 3.05) is 0 Å². The molecular formula is C11H12F2N2. The summed E-state index contributed by atoms with van der Waals surface area (Å²) >= 11 is 0. The van der Waals surface area contributed by atoms with Crippen LogP contribution in [0.1, 0.15) is 25.5 Å². The van der Waals surface area contributed by atoms with E-state index in [1.165, 1.54) is 6.07 Å². The molecule has 1 aromatic carbocycles. The van der Waals surface area contributed by atoms with Crippen molar-refractivity contribution in [1.29, 1.82) is 5.26 Å². The van der Waals surface area contributed by atoms with Crippen molar-refractivity contribution in [3.63, 3.8) is 0 Å². The molecule has 1 rings (SSSR count). The lowest BCUT2D eigenvalue weighted by molar-refractivity contribution is 0.390. The third-order valence-electron chi connectivity index (χ3n) is 2.37. The average Bonchev–Trinajstić information content (AvgIpc) is 2.21. The first-order valence-corrected chi connectivity index (χ1v) is 4.50. The summed E-state index contributed by atoms with van der Waals surface area (Å²) < 4.78 is 25.6. The first kappa shape index (κ1) is 11.6. The minimum Gasteiger partial charge on any atom is -0.323 e. The number of nitrogens with two attached hydrogens (primary N) is 1. The maximum atomic E-state index is 12.9. The topological polar surface area (TPSA) is 49.8 Å². The Kier molecular flexibility index (Phi) is 3.06. The number of hydrogen-bond acceptors (Lipinski definition) is 2. The summed E-state index contributed by atoms with van der Waals surface area (Å²) in [6.45, 7) is 3.30. The predicted molar refractivity (Wildman–Crippen MR) is 52.7 cm³/mol. The molecular weight excluding hydrogens is 198 g/mol. The van der Waals surface area contributed by atoms with Crippen molar-refractivity contribution < 1.29 is 8.78 Å². The van der Waals surface area contributed by atoms with Crippen molar-refractivity contribution in [3.05, 3.63) is 35.4 Å². The Morgan fingerprint density at radius 3 is 2.40 bits per heavy atom. The quantitative estimate of drug-likeness (QED) is 0.815. The van der Waals surface area contributed by atoms with E-state index in [2.05, 4.69) is 0 Å². The fraction of sp³-hybridized carbons (Fsp3) is 0.364. The molecule has 0 aliphatic heterocycles. The van der Waals surface area contributed by atoms with Crippen molar-refractivity contribution >= 4 is 0 Å². The highest BCUT2D eigenvalue weighted by molar-refractivity contribution is 5.24. The van der Waals surface area contributed by atoms with Gasteiger partial charge in [-0.15, -0.1) is 0 Å². The molecule has 0 bridgehead atoms. The average molecular weight is 210 g/mol. The summed E-state index contributed by atoms with van der Waals surface area (Å²) in [6, 6.07) is 4.82. The van der Waals surface area contributed by atoms with Gasteiger partial charge in [0.2, 0.25) is 0 Å². The zero-order valence-electron chi connectivity index (χ0n) is 8.59. The van der Waals surface area contributed by atoms with Gasteiger partial charge in [0.25, 0.3) is 0 Å². The van der Waals surface area contributed by atoms with E-state index in [-0.39, 0.29) is 0 Å². The van der Waals surface area contributed by atoms with Gasteiger partial charge in [0.15, 0.2) is 11.6 Å². The summed E-state index contributed by atoms with van der Waals surface area (Å²) in [6.07, 6.45) is 0. The Hall–Kier alpha value is -1.47. The Morgan fingerprint density at radius 2 is 1.93 bits per heavy atom. The monoisotopic (exact) mass is 210 g/mol. The zero-order chi connectivity index (χ0) is 11.6. The van der Waals surface area contributed by atoms with E-state index < -0.39 is 23.1 Å². The minimum absolute atomic E-state index is 0.417. The largest absolute Gasteiger partial charge is 0.323 e. The van der Waals surface area contributed by atoms with Crippen LogP contribution in [0.3, 0.4) is 0 Å². The SMILES string of the molecule is CC(C)(C#N)C(N)c1ccc(F)c(F)c1. The molecule has 4 heteroatoms. The minimum atomic E-state index is -0.948. The Bertz CT molecular complexity index is 408. The maximum Gasteiger partial charge on any atom is 0.159 e. The highest BCUT2D eigenvalue weighted by Crippen LogP contribution is 2.30. The second kappa shape index (κ2) is 3.95. The van der Waals surface area contributed by atoms with Gasteiger partial charge >= 0.3 is 0 Å². The second-order valence-electron chi connectivity index (χ2n) is 3.98. The van der Waals surface area contributed by atoms with Gasteiger partial charge in [-0.3, -0.25) is 0 Å². The van der Waals surface area contributed by atoms with Gasteiger partial charge in [-0.2, -0.15) is 5.26 Å². The summed E-state index contributed by atoms with van der Waals surface area (Å²) in [5.41, 5.74) is 5.39. The van der Waals surface area contributed by atoms with E-state index in [0.29, 0.717) is 5.56 Å². The zero-order valence-corrected chi connectivity index (χ0v) is 8.59. The smallest absolute Gasteiger partial charge is 0.159 e. The van der Waals surface area contributed by atoms with Crippen LogP contribution in [0.5, 0.6) is 0 Å². The Balaban J connectivity index is 3.08. The van der Waals surface area contributed by atoms with Gasteiger partial charge < -0.3 is 5.73 Å². The lowest BCUT2D eigenvalue weighted by Gasteiger charge is -2.24. The fourth-order valence-electron chi connectivity index (χ4n) is 1.19. The van der Waals surface area contributed by atoms with E-state index in [0.717, 1.165) is 12.1 Å². The van der Waals surface area contributed by atoms with Crippen LogP contribution < -0.4 is 5.73 Å². The highest BCUT2D eigenvalue weighted by atomic mass is 19.2. The molecule has 0 aromatic heterocycles. The molecule has 80 valence electrons. The van der Waals surface area contributed by atoms with Crippen LogP contribution in [0.25, 0.3) is 0 Å². The first-order chi connectivity index (χ1) is 6.88. The van der Waals surface area contributed by atoms with Gasteiger partial charge in [0.05, 0.1) is 11.5 Å².